The molecule has 0 heterocycles. The fourth-order valence-corrected chi connectivity index (χ4v) is 1.33. The van der Waals surface area contributed by atoms with Gasteiger partial charge in [-0.15, -0.1) is 0 Å². The second kappa shape index (κ2) is 3.78. The van der Waals surface area contributed by atoms with Gasteiger partial charge in [-0.25, -0.2) is 4.39 Å². The number of benzene rings is 1. The van der Waals surface area contributed by atoms with E-state index in [0.29, 0.717) is 0 Å². The predicted molar refractivity (Wildman–Crippen MR) is 45.6 cm³/mol. The van der Waals surface area contributed by atoms with Crippen molar-refractivity contribution in [3.05, 3.63) is 38.1 Å². The summed E-state index contributed by atoms with van der Waals surface area (Å²) in [6.45, 7) is -1.07. The molecule has 0 aliphatic heterocycles. The number of rotatable bonds is 2. The minimum atomic E-state index is -1.07. The van der Waals surface area contributed by atoms with Gasteiger partial charge in [-0.2, -0.15) is 4.39 Å². The molecule has 0 fully saturated rings. The standard InChI is InChI=1S/C7H4BrF2NO2/c8-5-1-2-6(10)7(11(12)13)4(5)3-9/h1-2H,3H2. The normalized spacial score (nSPS) is 10.1. The fourth-order valence-electron chi connectivity index (χ4n) is 0.908. The van der Waals surface area contributed by atoms with Crippen LogP contribution in [-0.4, -0.2) is 4.92 Å². The highest BCUT2D eigenvalue weighted by atomic mass is 79.9. The molecule has 0 bridgehead atoms. The molecule has 1 rings (SSSR count). The van der Waals surface area contributed by atoms with Crippen molar-refractivity contribution < 1.29 is 13.7 Å². The first kappa shape index (κ1) is 10.0. The third kappa shape index (κ3) is 1.82. The summed E-state index contributed by atoms with van der Waals surface area (Å²) in [4.78, 5) is 9.40. The summed E-state index contributed by atoms with van der Waals surface area (Å²) in [5.74, 6) is -1.03. The molecular formula is C7H4BrF2NO2. The highest BCUT2D eigenvalue weighted by Gasteiger charge is 2.22. The van der Waals surface area contributed by atoms with E-state index in [2.05, 4.69) is 15.9 Å². The number of alkyl halides is 1. The topological polar surface area (TPSA) is 43.1 Å². The molecule has 0 aliphatic rings. The van der Waals surface area contributed by atoms with Gasteiger partial charge in [0.15, 0.2) is 0 Å². The summed E-state index contributed by atoms with van der Waals surface area (Å²) in [5.41, 5.74) is -1.08. The monoisotopic (exact) mass is 251 g/mol. The van der Waals surface area contributed by atoms with Crippen LogP contribution in [-0.2, 0) is 6.67 Å². The van der Waals surface area contributed by atoms with E-state index in [-0.39, 0.29) is 10.0 Å². The van der Waals surface area contributed by atoms with E-state index in [1.807, 2.05) is 0 Å². The number of halogens is 3. The van der Waals surface area contributed by atoms with E-state index in [9.17, 15) is 18.9 Å². The summed E-state index contributed by atoms with van der Waals surface area (Å²) in [6.07, 6.45) is 0. The Kier molecular flexibility index (Phi) is 2.92. The quantitative estimate of drug-likeness (QED) is 0.599. The SMILES string of the molecule is O=[N+]([O-])c1c(F)ccc(Br)c1CF. The molecule has 70 valence electrons. The lowest BCUT2D eigenvalue weighted by atomic mass is 10.2. The molecule has 6 heteroatoms. The molecule has 1 aromatic rings. The van der Waals surface area contributed by atoms with Gasteiger partial charge in [0.1, 0.15) is 6.67 Å². The van der Waals surface area contributed by atoms with Crippen LogP contribution in [0.5, 0.6) is 0 Å². The van der Waals surface area contributed by atoms with E-state index in [4.69, 9.17) is 0 Å². The van der Waals surface area contributed by atoms with E-state index in [0.717, 1.165) is 6.07 Å². The van der Waals surface area contributed by atoms with Gasteiger partial charge in [0.05, 0.1) is 10.5 Å². The van der Waals surface area contributed by atoms with Gasteiger partial charge in [-0.3, -0.25) is 10.1 Å². The first-order valence-electron chi connectivity index (χ1n) is 3.25. The summed E-state index contributed by atoms with van der Waals surface area (Å²) in [7, 11) is 0. The Morgan fingerprint density at radius 1 is 1.54 bits per heavy atom. The van der Waals surface area contributed by atoms with Crippen LogP contribution in [0.25, 0.3) is 0 Å². The van der Waals surface area contributed by atoms with Crippen LogP contribution in [0.4, 0.5) is 14.5 Å². The second-order valence-electron chi connectivity index (χ2n) is 2.25. The molecule has 13 heavy (non-hydrogen) atoms. The molecule has 0 unspecified atom stereocenters. The van der Waals surface area contributed by atoms with E-state index < -0.39 is 23.1 Å². The predicted octanol–water partition coefficient (Wildman–Crippen LogP) is 2.97. The Hall–Kier alpha value is -1.04. The highest BCUT2D eigenvalue weighted by molar-refractivity contribution is 9.10. The zero-order valence-corrected chi connectivity index (χ0v) is 7.85. The third-order valence-electron chi connectivity index (χ3n) is 1.49. The molecule has 0 amide bonds. The Morgan fingerprint density at radius 2 is 2.15 bits per heavy atom. The highest BCUT2D eigenvalue weighted by Crippen LogP contribution is 2.30. The van der Waals surface area contributed by atoms with E-state index in [1.54, 1.807) is 0 Å². The number of nitrogens with zero attached hydrogens (tertiary/aromatic N) is 1. The Bertz CT molecular complexity index is 357. The maximum absolute atomic E-state index is 12.8. The molecule has 3 nitrogen and oxygen atoms in total. The van der Waals surface area contributed by atoms with Crippen LogP contribution >= 0.6 is 15.9 Å². The average Bonchev–Trinajstić information content (AvgIpc) is 2.07. The largest absolute Gasteiger partial charge is 0.311 e. The number of hydrogen-bond acceptors (Lipinski definition) is 2. The van der Waals surface area contributed by atoms with Crippen molar-refractivity contribution >= 4 is 21.6 Å². The van der Waals surface area contributed by atoms with Crippen LogP contribution in [0, 0.1) is 15.9 Å². The molecule has 0 spiro atoms. The lowest BCUT2D eigenvalue weighted by molar-refractivity contribution is -0.388. The summed E-state index contributed by atoms with van der Waals surface area (Å²) in [6, 6.07) is 2.15. The molecule has 0 aromatic heterocycles. The van der Waals surface area contributed by atoms with Gasteiger partial charge in [0.2, 0.25) is 5.82 Å². The lowest BCUT2D eigenvalue weighted by Crippen LogP contribution is -1.98. The Labute approximate surface area is 80.6 Å². The van der Waals surface area contributed by atoms with Gasteiger partial charge in [-0.1, -0.05) is 15.9 Å². The van der Waals surface area contributed by atoms with Crippen LogP contribution < -0.4 is 0 Å². The minimum absolute atomic E-state index is 0.197. The number of hydrogen-bond donors (Lipinski definition) is 0. The second-order valence-corrected chi connectivity index (χ2v) is 3.10. The Balaban J connectivity index is 3.43. The van der Waals surface area contributed by atoms with Crippen molar-refractivity contribution in [2.75, 3.05) is 0 Å². The number of nitro benzene ring substituents is 1. The Morgan fingerprint density at radius 3 is 2.54 bits per heavy atom. The third-order valence-corrected chi connectivity index (χ3v) is 2.24. The van der Waals surface area contributed by atoms with Gasteiger partial charge in [0, 0.05) is 4.47 Å². The van der Waals surface area contributed by atoms with Gasteiger partial charge in [-0.05, 0) is 12.1 Å². The first-order chi connectivity index (χ1) is 6.07. The lowest BCUT2D eigenvalue weighted by Gasteiger charge is -2.01. The van der Waals surface area contributed by atoms with Crippen LogP contribution in [0.2, 0.25) is 0 Å². The van der Waals surface area contributed by atoms with Crippen molar-refractivity contribution in [2.24, 2.45) is 0 Å². The van der Waals surface area contributed by atoms with Crippen molar-refractivity contribution in [1.29, 1.82) is 0 Å². The smallest absolute Gasteiger partial charge is 0.258 e. The molecule has 0 atom stereocenters. The van der Waals surface area contributed by atoms with Crippen molar-refractivity contribution in [3.63, 3.8) is 0 Å². The molecule has 1 aromatic carbocycles. The molecular weight excluding hydrogens is 248 g/mol. The molecule has 0 radical (unpaired) electrons. The zero-order valence-electron chi connectivity index (χ0n) is 6.26. The van der Waals surface area contributed by atoms with Crippen LogP contribution in [0.3, 0.4) is 0 Å². The fraction of sp³-hybridized carbons (Fsp3) is 0.143. The minimum Gasteiger partial charge on any atom is -0.258 e. The maximum atomic E-state index is 12.8. The zero-order chi connectivity index (χ0) is 10.0. The van der Waals surface area contributed by atoms with E-state index in [1.165, 1.54) is 6.07 Å². The van der Waals surface area contributed by atoms with Gasteiger partial charge in [0.25, 0.3) is 0 Å². The first-order valence-corrected chi connectivity index (χ1v) is 4.04. The van der Waals surface area contributed by atoms with E-state index >= 15 is 0 Å². The summed E-state index contributed by atoms with van der Waals surface area (Å²) >= 11 is 2.90. The van der Waals surface area contributed by atoms with Crippen molar-refractivity contribution in [3.8, 4) is 0 Å². The molecule has 0 aliphatic carbocycles. The van der Waals surface area contributed by atoms with Crippen molar-refractivity contribution in [1.82, 2.24) is 0 Å². The summed E-state index contributed by atoms with van der Waals surface area (Å²) < 4.78 is 25.3. The molecule has 0 saturated heterocycles. The van der Waals surface area contributed by atoms with Crippen LogP contribution in [0.1, 0.15) is 5.56 Å². The molecule has 0 N–H and O–H groups in total. The average molecular weight is 252 g/mol. The van der Waals surface area contributed by atoms with Crippen molar-refractivity contribution in [2.45, 2.75) is 6.67 Å². The summed E-state index contributed by atoms with van der Waals surface area (Å²) in [5, 5.41) is 10.3. The van der Waals surface area contributed by atoms with Gasteiger partial charge < -0.3 is 0 Å². The molecule has 0 saturated carbocycles. The van der Waals surface area contributed by atoms with Crippen LogP contribution in [0.15, 0.2) is 16.6 Å². The number of nitro groups is 1. The van der Waals surface area contributed by atoms with Gasteiger partial charge >= 0.3 is 5.69 Å². The maximum Gasteiger partial charge on any atom is 0.311 e.